The maximum Gasteiger partial charge on any atom is 0.261 e. The molecular formula is C20H26N4O5S2. The Morgan fingerprint density at radius 1 is 0.968 bits per heavy atom. The molecule has 0 aromatic heterocycles. The first-order chi connectivity index (χ1) is 14.5. The van der Waals surface area contributed by atoms with Gasteiger partial charge in [0.25, 0.3) is 10.0 Å². The highest BCUT2D eigenvalue weighted by Gasteiger charge is 2.26. The molecule has 31 heavy (non-hydrogen) atoms. The standard InChI is InChI=1S/C20H26N4O5S2/c1-23(2)31(28,29)17-9-7-16(8-10-17)30(26,27)22-18-5-3-4-6-19(18)24-13-11-15(12-14-24)20(21)25/h3-10,15,22H,11-14H2,1-2H3,(H2,21,25). The zero-order valence-corrected chi connectivity index (χ0v) is 19.0. The fourth-order valence-corrected chi connectivity index (χ4v) is 5.42. The fourth-order valence-electron chi connectivity index (χ4n) is 3.45. The number of hydrogen-bond acceptors (Lipinski definition) is 6. The van der Waals surface area contributed by atoms with Gasteiger partial charge in [-0.2, -0.15) is 0 Å². The van der Waals surface area contributed by atoms with Crippen LogP contribution in [0.25, 0.3) is 0 Å². The summed E-state index contributed by atoms with van der Waals surface area (Å²) >= 11 is 0. The molecule has 0 aliphatic carbocycles. The average molecular weight is 467 g/mol. The lowest BCUT2D eigenvalue weighted by molar-refractivity contribution is -0.122. The van der Waals surface area contributed by atoms with Gasteiger partial charge in [-0.3, -0.25) is 9.52 Å². The Balaban J connectivity index is 1.82. The smallest absolute Gasteiger partial charge is 0.261 e. The minimum atomic E-state index is -3.94. The van der Waals surface area contributed by atoms with E-state index in [0.717, 1.165) is 4.31 Å². The van der Waals surface area contributed by atoms with Crippen molar-refractivity contribution >= 4 is 37.3 Å². The molecule has 9 nitrogen and oxygen atoms in total. The first kappa shape index (κ1) is 23.0. The first-order valence-electron chi connectivity index (χ1n) is 9.71. The van der Waals surface area contributed by atoms with Gasteiger partial charge in [-0.1, -0.05) is 12.1 Å². The monoisotopic (exact) mass is 466 g/mol. The quantitative estimate of drug-likeness (QED) is 0.635. The Labute approximate surface area is 182 Å². The van der Waals surface area contributed by atoms with Crippen molar-refractivity contribution in [2.75, 3.05) is 36.8 Å². The van der Waals surface area contributed by atoms with Gasteiger partial charge in [0.1, 0.15) is 0 Å². The van der Waals surface area contributed by atoms with Crippen LogP contribution in [0.5, 0.6) is 0 Å². The van der Waals surface area contributed by atoms with Crippen molar-refractivity contribution in [1.29, 1.82) is 0 Å². The molecule has 2 aromatic rings. The Morgan fingerprint density at radius 3 is 2.06 bits per heavy atom. The molecule has 2 aromatic carbocycles. The predicted molar refractivity (Wildman–Crippen MR) is 119 cm³/mol. The maximum absolute atomic E-state index is 12.9. The minimum absolute atomic E-state index is 0.00849. The molecular weight excluding hydrogens is 440 g/mol. The van der Waals surface area contributed by atoms with Gasteiger partial charge < -0.3 is 10.6 Å². The molecule has 0 saturated carbocycles. The van der Waals surface area contributed by atoms with Crippen LogP contribution in [0.2, 0.25) is 0 Å². The molecule has 1 fully saturated rings. The van der Waals surface area contributed by atoms with E-state index >= 15 is 0 Å². The van der Waals surface area contributed by atoms with Gasteiger partial charge in [-0.05, 0) is 49.2 Å². The van der Waals surface area contributed by atoms with E-state index in [1.54, 1.807) is 12.1 Å². The van der Waals surface area contributed by atoms with Crippen molar-refractivity contribution in [3.8, 4) is 0 Å². The Morgan fingerprint density at radius 2 is 1.52 bits per heavy atom. The van der Waals surface area contributed by atoms with Gasteiger partial charge in [0.05, 0.1) is 21.2 Å². The van der Waals surface area contributed by atoms with E-state index in [1.807, 2.05) is 17.0 Å². The molecule has 0 atom stereocenters. The molecule has 3 N–H and O–H groups in total. The van der Waals surface area contributed by atoms with Crippen molar-refractivity contribution in [3.05, 3.63) is 48.5 Å². The van der Waals surface area contributed by atoms with Gasteiger partial charge >= 0.3 is 0 Å². The third-order valence-electron chi connectivity index (χ3n) is 5.30. The normalized spacial score (nSPS) is 15.8. The number of primary amides is 1. The van der Waals surface area contributed by atoms with Gasteiger partial charge in [-0.15, -0.1) is 0 Å². The predicted octanol–water partition coefficient (Wildman–Crippen LogP) is 1.44. The summed E-state index contributed by atoms with van der Waals surface area (Å²) in [5.41, 5.74) is 6.51. The average Bonchev–Trinajstić information content (AvgIpc) is 2.74. The second kappa shape index (κ2) is 8.85. The number of carbonyl (C=O) groups excluding carboxylic acids is 1. The van der Waals surface area contributed by atoms with Crippen molar-refractivity contribution in [2.45, 2.75) is 22.6 Å². The molecule has 1 heterocycles. The molecule has 0 radical (unpaired) electrons. The summed E-state index contributed by atoms with van der Waals surface area (Å²) in [5, 5.41) is 0. The maximum atomic E-state index is 12.9. The van der Waals surface area contributed by atoms with E-state index in [0.29, 0.717) is 37.3 Å². The summed E-state index contributed by atoms with van der Waals surface area (Å²) in [6.45, 7) is 1.17. The van der Waals surface area contributed by atoms with Gasteiger partial charge in [0, 0.05) is 33.1 Å². The van der Waals surface area contributed by atoms with Crippen molar-refractivity contribution < 1.29 is 21.6 Å². The van der Waals surface area contributed by atoms with Crippen LogP contribution in [0, 0.1) is 5.92 Å². The molecule has 1 aliphatic rings. The molecule has 1 amide bonds. The number of anilines is 2. The van der Waals surface area contributed by atoms with Crippen LogP contribution in [0.15, 0.2) is 58.3 Å². The summed E-state index contributed by atoms with van der Waals surface area (Å²) in [7, 11) is -4.78. The zero-order chi connectivity index (χ0) is 22.8. The van der Waals surface area contributed by atoms with Gasteiger partial charge in [0.15, 0.2) is 0 Å². The van der Waals surface area contributed by atoms with E-state index in [2.05, 4.69) is 4.72 Å². The SMILES string of the molecule is CN(C)S(=O)(=O)c1ccc(S(=O)(=O)Nc2ccccc2N2CCC(C(N)=O)CC2)cc1. The van der Waals surface area contributed by atoms with Crippen LogP contribution in [0.1, 0.15) is 12.8 Å². The van der Waals surface area contributed by atoms with Crippen LogP contribution >= 0.6 is 0 Å². The lowest BCUT2D eigenvalue weighted by atomic mass is 9.96. The minimum Gasteiger partial charge on any atom is -0.370 e. The van der Waals surface area contributed by atoms with E-state index in [9.17, 15) is 21.6 Å². The molecule has 168 valence electrons. The lowest BCUT2D eigenvalue weighted by Crippen LogP contribution is -2.38. The summed E-state index contributed by atoms with van der Waals surface area (Å²) in [4.78, 5) is 13.4. The second-order valence-corrected chi connectivity index (χ2v) is 11.4. The summed E-state index contributed by atoms with van der Waals surface area (Å²) < 4.78 is 53.9. The van der Waals surface area contributed by atoms with Crippen molar-refractivity contribution in [3.63, 3.8) is 0 Å². The summed E-state index contributed by atoms with van der Waals surface area (Å²) in [6.07, 6.45) is 1.22. The number of nitrogens with two attached hydrogens (primary N) is 1. The number of carbonyl (C=O) groups is 1. The second-order valence-electron chi connectivity index (χ2n) is 7.55. The molecule has 0 unspecified atom stereocenters. The molecule has 1 saturated heterocycles. The highest BCUT2D eigenvalue weighted by molar-refractivity contribution is 7.92. The largest absolute Gasteiger partial charge is 0.370 e. The van der Waals surface area contributed by atoms with Crippen molar-refractivity contribution in [1.82, 2.24) is 4.31 Å². The number of sulfonamides is 2. The molecule has 1 aliphatic heterocycles. The fraction of sp³-hybridized carbons (Fsp3) is 0.350. The molecule has 0 spiro atoms. The lowest BCUT2D eigenvalue weighted by Gasteiger charge is -2.33. The molecule has 11 heteroatoms. The van der Waals surface area contributed by atoms with E-state index < -0.39 is 20.0 Å². The van der Waals surface area contributed by atoms with Crippen LogP contribution in [0.3, 0.4) is 0 Å². The molecule has 0 bridgehead atoms. The highest BCUT2D eigenvalue weighted by Crippen LogP contribution is 2.31. The van der Waals surface area contributed by atoms with Crippen LogP contribution in [-0.4, -0.2) is 54.2 Å². The number of rotatable bonds is 7. The Hall–Kier alpha value is -2.63. The topological polar surface area (TPSA) is 130 Å². The molecule has 3 rings (SSSR count). The number of nitrogens with zero attached hydrogens (tertiary/aromatic N) is 2. The highest BCUT2D eigenvalue weighted by atomic mass is 32.2. The Bertz CT molecular complexity index is 1150. The van der Waals surface area contributed by atoms with Crippen molar-refractivity contribution in [2.24, 2.45) is 11.7 Å². The first-order valence-corrected chi connectivity index (χ1v) is 12.6. The van der Waals surface area contributed by atoms with Crippen LogP contribution < -0.4 is 15.4 Å². The number of nitrogens with one attached hydrogen (secondary N) is 1. The number of hydrogen-bond donors (Lipinski definition) is 2. The summed E-state index contributed by atoms with van der Waals surface area (Å²) in [6, 6.07) is 12.1. The van der Waals surface area contributed by atoms with Gasteiger partial charge in [0.2, 0.25) is 15.9 Å². The number of benzene rings is 2. The third-order valence-corrected chi connectivity index (χ3v) is 8.51. The number of para-hydroxylation sites is 2. The number of piperidine rings is 1. The third kappa shape index (κ3) is 5.00. The van der Waals surface area contributed by atoms with Gasteiger partial charge in [-0.25, -0.2) is 21.1 Å². The summed E-state index contributed by atoms with van der Waals surface area (Å²) in [5.74, 6) is -0.481. The van der Waals surface area contributed by atoms with E-state index in [-0.39, 0.29) is 21.6 Å². The van der Waals surface area contributed by atoms with Crippen LogP contribution in [0.4, 0.5) is 11.4 Å². The number of amides is 1. The van der Waals surface area contributed by atoms with Crippen LogP contribution in [-0.2, 0) is 24.8 Å². The zero-order valence-electron chi connectivity index (χ0n) is 17.4. The Kier molecular flexibility index (Phi) is 6.58. The van der Waals surface area contributed by atoms with E-state index in [4.69, 9.17) is 5.73 Å². The van der Waals surface area contributed by atoms with E-state index in [1.165, 1.54) is 38.4 Å².